The van der Waals surface area contributed by atoms with E-state index in [1.165, 1.54) is 6.33 Å². The van der Waals surface area contributed by atoms with Crippen LogP contribution in [0.15, 0.2) is 18.5 Å². The number of aldehydes is 1. The van der Waals surface area contributed by atoms with Gasteiger partial charge in [-0.05, 0) is 0 Å². The van der Waals surface area contributed by atoms with Gasteiger partial charge in [-0.25, -0.2) is 9.97 Å². The molecule has 1 aromatic carbocycles. The maximum absolute atomic E-state index is 10.6. The molecule has 8 nitrogen and oxygen atoms in total. The third-order valence-corrected chi connectivity index (χ3v) is 5.85. The summed E-state index contributed by atoms with van der Waals surface area (Å²) in [6.45, 7) is 7.00. The van der Waals surface area contributed by atoms with Gasteiger partial charge < -0.3 is 19.0 Å². The smallest absolute Gasteiger partial charge is 0.144 e. The maximum atomic E-state index is 10.6. The number of aromatic nitrogens is 2. The molecular weight excluding hydrogens is 408 g/mol. The minimum atomic E-state index is 0.0798. The Balaban J connectivity index is 1.40. The second-order valence-electron chi connectivity index (χ2n) is 7.57. The molecule has 4 rings (SSSR count). The molecule has 3 heterocycles. The molecule has 0 saturated carbocycles. The normalized spacial score (nSPS) is 19.1. The van der Waals surface area contributed by atoms with Crippen LogP contribution in [0.1, 0.15) is 12.8 Å². The van der Waals surface area contributed by atoms with E-state index in [4.69, 9.17) is 25.8 Å². The molecule has 0 radical (unpaired) electrons. The van der Waals surface area contributed by atoms with Gasteiger partial charge in [0, 0.05) is 57.7 Å². The number of nitrogens with zero attached hydrogens (tertiary/aromatic N) is 4. The molecule has 0 spiro atoms. The van der Waals surface area contributed by atoms with Gasteiger partial charge in [0.25, 0.3) is 0 Å². The summed E-state index contributed by atoms with van der Waals surface area (Å²) < 4.78 is 17.7. The maximum Gasteiger partial charge on any atom is 0.144 e. The van der Waals surface area contributed by atoms with Crippen LogP contribution in [0, 0.1) is 0 Å². The Bertz CT molecular complexity index is 854. The Labute approximate surface area is 181 Å². The number of hydrogen-bond donors (Lipinski definition) is 0. The molecule has 162 valence electrons. The molecule has 0 atom stereocenters. The fourth-order valence-corrected chi connectivity index (χ4v) is 4.07. The SMILES string of the molecule is O=CCN1CCN(CCOc2cc(OC3CCOCC3)c3c(Cl)ncnc3c2)CC1. The van der Waals surface area contributed by atoms with Crippen molar-refractivity contribution in [2.24, 2.45) is 0 Å². The molecule has 2 fully saturated rings. The molecule has 0 unspecified atom stereocenters. The van der Waals surface area contributed by atoms with Gasteiger partial charge in [0.05, 0.1) is 30.7 Å². The van der Waals surface area contributed by atoms with Crippen molar-refractivity contribution in [3.8, 4) is 11.5 Å². The number of ether oxygens (including phenoxy) is 3. The van der Waals surface area contributed by atoms with Crippen molar-refractivity contribution in [1.29, 1.82) is 0 Å². The van der Waals surface area contributed by atoms with Crippen LogP contribution in [-0.4, -0.2) is 91.2 Å². The predicted octanol–water partition coefficient (Wildman–Crippen LogP) is 2.04. The van der Waals surface area contributed by atoms with Gasteiger partial charge in [-0.15, -0.1) is 0 Å². The predicted molar refractivity (Wildman–Crippen MR) is 113 cm³/mol. The van der Waals surface area contributed by atoms with Crippen molar-refractivity contribution >= 4 is 28.8 Å². The molecule has 0 N–H and O–H groups in total. The molecule has 1 aromatic heterocycles. The van der Waals surface area contributed by atoms with Crippen molar-refractivity contribution in [3.05, 3.63) is 23.6 Å². The first-order valence-corrected chi connectivity index (χ1v) is 10.8. The van der Waals surface area contributed by atoms with Crippen molar-refractivity contribution in [1.82, 2.24) is 19.8 Å². The fraction of sp³-hybridized carbons (Fsp3) is 0.571. The number of piperazine rings is 1. The first-order valence-electron chi connectivity index (χ1n) is 10.4. The summed E-state index contributed by atoms with van der Waals surface area (Å²) in [7, 11) is 0. The lowest BCUT2D eigenvalue weighted by atomic mass is 10.1. The summed E-state index contributed by atoms with van der Waals surface area (Å²) in [5.74, 6) is 1.36. The number of carbonyl (C=O) groups is 1. The third-order valence-electron chi connectivity index (χ3n) is 5.56. The summed E-state index contributed by atoms with van der Waals surface area (Å²) in [6, 6.07) is 3.76. The van der Waals surface area contributed by atoms with E-state index in [-0.39, 0.29) is 6.10 Å². The second kappa shape index (κ2) is 10.3. The lowest BCUT2D eigenvalue weighted by Gasteiger charge is -2.33. The fourth-order valence-electron chi connectivity index (χ4n) is 3.83. The molecule has 2 saturated heterocycles. The van der Waals surface area contributed by atoms with Gasteiger partial charge >= 0.3 is 0 Å². The zero-order chi connectivity index (χ0) is 20.8. The van der Waals surface area contributed by atoms with Gasteiger partial charge in [-0.3, -0.25) is 9.80 Å². The highest BCUT2D eigenvalue weighted by atomic mass is 35.5. The molecular formula is C21H27ClN4O4. The topological polar surface area (TPSA) is 77.0 Å². The van der Waals surface area contributed by atoms with Crippen LogP contribution in [0.5, 0.6) is 11.5 Å². The van der Waals surface area contributed by atoms with E-state index in [1.54, 1.807) is 0 Å². The van der Waals surface area contributed by atoms with Crippen LogP contribution in [0.4, 0.5) is 0 Å². The van der Waals surface area contributed by atoms with E-state index in [9.17, 15) is 4.79 Å². The van der Waals surface area contributed by atoms with E-state index in [0.29, 0.717) is 53.9 Å². The van der Waals surface area contributed by atoms with Crippen LogP contribution in [0.25, 0.3) is 10.9 Å². The quantitative estimate of drug-likeness (QED) is 0.461. The lowest BCUT2D eigenvalue weighted by molar-refractivity contribution is -0.109. The van der Waals surface area contributed by atoms with E-state index in [0.717, 1.165) is 51.9 Å². The Morgan fingerprint density at radius 3 is 2.67 bits per heavy atom. The third kappa shape index (κ3) is 5.37. The summed E-state index contributed by atoms with van der Waals surface area (Å²) in [4.78, 5) is 23.6. The van der Waals surface area contributed by atoms with Crippen LogP contribution in [-0.2, 0) is 9.53 Å². The van der Waals surface area contributed by atoms with Crippen molar-refractivity contribution in [2.75, 3.05) is 59.1 Å². The summed E-state index contributed by atoms with van der Waals surface area (Å²) in [5, 5.41) is 1.09. The van der Waals surface area contributed by atoms with Crippen LogP contribution in [0.2, 0.25) is 5.15 Å². The van der Waals surface area contributed by atoms with Gasteiger partial charge in [0.15, 0.2) is 0 Å². The first-order chi connectivity index (χ1) is 14.7. The zero-order valence-corrected chi connectivity index (χ0v) is 17.7. The minimum Gasteiger partial charge on any atom is -0.492 e. The monoisotopic (exact) mass is 434 g/mol. The number of fused-ring (bicyclic) bond motifs is 1. The van der Waals surface area contributed by atoms with E-state index < -0.39 is 0 Å². The summed E-state index contributed by atoms with van der Waals surface area (Å²) >= 11 is 6.34. The standard InChI is InChI=1S/C21H27ClN4O4/c22-21-20-18(23-15-24-21)13-17(14-19(20)30-16-1-10-28-11-2-16)29-12-8-26-5-3-25(4-6-26)7-9-27/h9,13-16H,1-8,10-12H2. The van der Waals surface area contributed by atoms with Gasteiger partial charge in [-0.2, -0.15) is 0 Å². The molecule has 0 amide bonds. The molecule has 0 bridgehead atoms. The largest absolute Gasteiger partial charge is 0.492 e. The van der Waals surface area contributed by atoms with Crippen LogP contribution >= 0.6 is 11.6 Å². The van der Waals surface area contributed by atoms with Crippen molar-refractivity contribution < 1.29 is 19.0 Å². The van der Waals surface area contributed by atoms with E-state index in [2.05, 4.69) is 19.8 Å². The first kappa shape index (κ1) is 21.2. The Kier molecular flexibility index (Phi) is 7.33. The molecule has 2 aliphatic heterocycles. The van der Waals surface area contributed by atoms with Gasteiger partial charge in [0.1, 0.15) is 42.0 Å². The minimum absolute atomic E-state index is 0.0798. The molecule has 30 heavy (non-hydrogen) atoms. The summed E-state index contributed by atoms with van der Waals surface area (Å²) in [5.41, 5.74) is 0.706. The summed E-state index contributed by atoms with van der Waals surface area (Å²) in [6.07, 6.45) is 4.18. The lowest BCUT2D eigenvalue weighted by Crippen LogP contribution is -2.47. The van der Waals surface area contributed by atoms with E-state index in [1.807, 2.05) is 12.1 Å². The van der Waals surface area contributed by atoms with Crippen molar-refractivity contribution in [2.45, 2.75) is 18.9 Å². The number of carbonyl (C=O) groups excluding carboxylic acids is 1. The number of benzene rings is 1. The highest BCUT2D eigenvalue weighted by molar-refractivity contribution is 6.34. The molecule has 2 aliphatic rings. The average Bonchev–Trinajstić information content (AvgIpc) is 2.76. The van der Waals surface area contributed by atoms with Crippen LogP contribution < -0.4 is 9.47 Å². The van der Waals surface area contributed by atoms with Gasteiger partial charge in [-0.1, -0.05) is 11.6 Å². The van der Waals surface area contributed by atoms with Gasteiger partial charge in [0.2, 0.25) is 0 Å². The molecule has 2 aromatic rings. The zero-order valence-electron chi connectivity index (χ0n) is 17.0. The van der Waals surface area contributed by atoms with Crippen LogP contribution in [0.3, 0.4) is 0 Å². The highest BCUT2D eigenvalue weighted by Crippen LogP contribution is 2.35. The Hall–Kier alpha value is -2.00. The Morgan fingerprint density at radius 1 is 1.13 bits per heavy atom. The van der Waals surface area contributed by atoms with Crippen molar-refractivity contribution in [3.63, 3.8) is 0 Å². The van der Waals surface area contributed by atoms with E-state index >= 15 is 0 Å². The number of hydrogen-bond acceptors (Lipinski definition) is 8. The highest BCUT2D eigenvalue weighted by Gasteiger charge is 2.20. The number of rotatable bonds is 8. The molecule has 0 aliphatic carbocycles. The Morgan fingerprint density at radius 2 is 1.90 bits per heavy atom. The average molecular weight is 435 g/mol. The number of halogens is 1. The molecule has 9 heteroatoms. The second-order valence-corrected chi connectivity index (χ2v) is 7.92.